The van der Waals surface area contributed by atoms with E-state index in [2.05, 4.69) is 6.07 Å². The summed E-state index contributed by atoms with van der Waals surface area (Å²) in [6.07, 6.45) is 0.100. The molecule has 1 saturated heterocycles. The molecule has 0 aromatic heterocycles. The quantitative estimate of drug-likeness (QED) is 0.869. The highest BCUT2D eigenvalue weighted by Gasteiger charge is 2.21. The molecule has 3 rings (SSSR count). The molecule has 1 aliphatic heterocycles. The van der Waals surface area contributed by atoms with Crippen LogP contribution in [0.25, 0.3) is 10.8 Å². The van der Waals surface area contributed by atoms with Crippen molar-refractivity contribution in [2.45, 2.75) is 13.0 Å². The molecule has 0 bridgehead atoms. The van der Waals surface area contributed by atoms with Crippen LogP contribution >= 0.6 is 0 Å². The summed E-state index contributed by atoms with van der Waals surface area (Å²) >= 11 is 0. The van der Waals surface area contributed by atoms with Gasteiger partial charge in [0.15, 0.2) is 6.61 Å². The number of hydrogen-bond donors (Lipinski definition) is 0. The van der Waals surface area contributed by atoms with Gasteiger partial charge in [-0.25, -0.2) is 0 Å². The normalized spacial score (nSPS) is 18.7. The van der Waals surface area contributed by atoms with Crippen LogP contribution in [0.5, 0.6) is 5.75 Å². The van der Waals surface area contributed by atoms with Gasteiger partial charge in [0.2, 0.25) is 0 Å². The van der Waals surface area contributed by atoms with Gasteiger partial charge in [-0.2, -0.15) is 0 Å². The van der Waals surface area contributed by atoms with Gasteiger partial charge in [0.25, 0.3) is 5.91 Å². The number of benzene rings is 2. The van der Waals surface area contributed by atoms with Crippen molar-refractivity contribution in [3.63, 3.8) is 0 Å². The van der Waals surface area contributed by atoms with Crippen LogP contribution in [0.4, 0.5) is 0 Å². The summed E-state index contributed by atoms with van der Waals surface area (Å²) in [5.41, 5.74) is 0. The maximum atomic E-state index is 12.1. The second kappa shape index (κ2) is 6.14. The van der Waals surface area contributed by atoms with Gasteiger partial charge in [-0.1, -0.05) is 30.3 Å². The van der Waals surface area contributed by atoms with Crippen LogP contribution in [0.1, 0.15) is 6.92 Å². The number of hydrogen-bond acceptors (Lipinski definition) is 3. The molecule has 4 heteroatoms. The summed E-state index contributed by atoms with van der Waals surface area (Å²) in [7, 11) is 0. The van der Waals surface area contributed by atoms with E-state index in [1.165, 1.54) is 0 Å². The maximum absolute atomic E-state index is 12.1. The Balaban J connectivity index is 1.61. The molecule has 2 aromatic carbocycles. The molecule has 0 N–H and O–H groups in total. The molecule has 1 aliphatic rings. The van der Waals surface area contributed by atoms with Crippen LogP contribution < -0.4 is 4.74 Å². The standard InChI is InChI=1S/C17H19NO3/c1-13-11-18(8-9-20-13)17(19)12-21-16-7-6-14-4-2-3-5-15(14)10-16/h2-7,10,13H,8-9,11-12H2,1H3. The van der Waals surface area contributed by atoms with E-state index in [1.807, 2.05) is 43.3 Å². The highest BCUT2D eigenvalue weighted by Crippen LogP contribution is 2.20. The minimum Gasteiger partial charge on any atom is -0.484 e. The lowest BCUT2D eigenvalue weighted by Crippen LogP contribution is -2.46. The van der Waals surface area contributed by atoms with Crippen molar-refractivity contribution in [3.8, 4) is 5.75 Å². The number of carbonyl (C=O) groups is 1. The Morgan fingerprint density at radius 3 is 2.90 bits per heavy atom. The van der Waals surface area contributed by atoms with E-state index in [9.17, 15) is 4.79 Å². The van der Waals surface area contributed by atoms with E-state index in [1.54, 1.807) is 4.90 Å². The number of rotatable bonds is 3. The Morgan fingerprint density at radius 1 is 1.29 bits per heavy atom. The number of ether oxygens (including phenoxy) is 2. The summed E-state index contributed by atoms with van der Waals surface area (Å²) in [5.74, 6) is 0.738. The van der Waals surface area contributed by atoms with Gasteiger partial charge >= 0.3 is 0 Å². The zero-order valence-electron chi connectivity index (χ0n) is 12.1. The van der Waals surface area contributed by atoms with Crippen molar-refractivity contribution in [2.75, 3.05) is 26.3 Å². The number of fused-ring (bicyclic) bond motifs is 1. The maximum Gasteiger partial charge on any atom is 0.260 e. The Hall–Kier alpha value is -2.07. The first-order valence-corrected chi connectivity index (χ1v) is 7.23. The number of amides is 1. The fourth-order valence-corrected chi connectivity index (χ4v) is 2.54. The molecule has 1 fully saturated rings. The molecule has 2 aromatic rings. The number of carbonyl (C=O) groups excluding carboxylic acids is 1. The van der Waals surface area contributed by atoms with Crippen molar-refractivity contribution in [3.05, 3.63) is 42.5 Å². The third-order valence-electron chi connectivity index (χ3n) is 3.68. The van der Waals surface area contributed by atoms with Gasteiger partial charge in [0, 0.05) is 13.1 Å². The lowest BCUT2D eigenvalue weighted by Gasteiger charge is -2.31. The summed E-state index contributed by atoms with van der Waals surface area (Å²) in [5, 5.41) is 2.28. The van der Waals surface area contributed by atoms with Crippen LogP contribution in [0.15, 0.2) is 42.5 Å². The average molecular weight is 285 g/mol. The van der Waals surface area contributed by atoms with Crippen molar-refractivity contribution in [1.29, 1.82) is 0 Å². The monoisotopic (exact) mass is 285 g/mol. The minimum atomic E-state index is 0.0123. The van der Waals surface area contributed by atoms with E-state index < -0.39 is 0 Å². The van der Waals surface area contributed by atoms with E-state index >= 15 is 0 Å². The van der Waals surface area contributed by atoms with Gasteiger partial charge in [0.05, 0.1) is 12.7 Å². The molecule has 1 atom stereocenters. The molecule has 4 nitrogen and oxygen atoms in total. The SMILES string of the molecule is CC1CN(C(=O)COc2ccc3ccccc3c2)CCO1. The fraction of sp³-hybridized carbons (Fsp3) is 0.353. The van der Waals surface area contributed by atoms with Crippen LogP contribution in [0, 0.1) is 0 Å². The first-order valence-electron chi connectivity index (χ1n) is 7.23. The third-order valence-corrected chi connectivity index (χ3v) is 3.68. The zero-order chi connectivity index (χ0) is 14.7. The predicted octanol–water partition coefficient (Wildman–Crippen LogP) is 2.47. The van der Waals surface area contributed by atoms with Crippen molar-refractivity contribution in [1.82, 2.24) is 4.90 Å². The Morgan fingerprint density at radius 2 is 2.10 bits per heavy atom. The van der Waals surface area contributed by atoms with E-state index in [-0.39, 0.29) is 18.6 Å². The smallest absolute Gasteiger partial charge is 0.260 e. The van der Waals surface area contributed by atoms with Crippen LogP contribution in [-0.2, 0) is 9.53 Å². The van der Waals surface area contributed by atoms with Crippen LogP contribution in [-0.4, -0.2) is 43.2 Å². The predicted molar refractivity (Wildman–Crippen MR) is 81.4 cm³/mol. The Bertz CT molecular complexity index is 641. The lowest BCUT2D eigenvalue weighted by molar-refractivity contribution is -0.140. The van der Waals surface area contributed by atoms with Crippen LogP contribution in [0.2, 0.25) is 0 Å². The second-order valence-corrected chi connectivity index (χ2v) is 5.32. The molecule has 0 radical (unpaired) electrons. The summed E-state index contributed by atoms with van der Waals surface area (Å²) in [4.78, 5) is 13.9. The van der Waals surface area contributed by atoms with E-state index in [0.717, 1.165) is 16.5 Å². The zero-order valence-corrected chi connectivity index (χ0v) is 12.1. The van der Waals surface area contributed by atoms with Gasteiger partial charge in [0.1, 0.15) is 5.75 Å². The first-order chi connectivity index (χ1) is 10.2. The van der Waals surface area contributed by atoms with E-state index in [4.69, 9.17) is 9.47 Å². The van der Waals surface area contributed by atoms with Gasteiger partial charge in [-0.3, -0.25) is 4.79 Å². The Labute approximate surface area is 124 Å². The fourth-order valence-electron chi connectivity index (χ4n) is 2.54. The third kappa shape index (κ3) is 3.34. The number of morpholine rings is 1. The summed E-state index contributed by atoms with van der Waals surface area (Å²) in [6.45, 7) is 3.93. The molecule has 1 amide bonds. The molecule has 110 valence electrons. The Kier molecular flexibility index (Phi) is 4.06. The highest BCUT2D eigenvalue weighted by molar-refractivity contribution is 5.84. The molecular weight excluding hydrogens is 266 g/mol. The van der Waals surface area contributed by atoms with Gasteiger partial charge < -0.3 is 14.4 Å². The largest absolute Gasteiger partial charge is 0.484 e. The van der Waals surface area contributed by atoms with Gasteiger partial charge in [-0.05, 0) is 29.8 Å². The minimum absolute atomic E-state index is 0.0123. The first kappa shape index (κ1) is 13.9. The van der Waals surface area contributed by atoms with Crippen LogP contribution in [0.3, 0.4) is 0 Å². The average Bonchev–Trinajstić information content (AvgIpc) is 2.52. The topological polar surface area (TPSA) is 38.8 Å². The molecular formula is C17H19NO3. The number of nitrogens with zero attached hydrogens (tertiary/aromatic N) is 1. The molecule has 21 heavy (non-hydrogen) atoms. The molecule has 0 aliphatic carbocycles. The molecule has 1 heterocycles. The molecule has 0 spiro atoms. The summed E-state index contributed by atoms with van der Waals surface area (Å²) < 4.78 is 11.1. The highest BCUT2D eigenvalue weighted by atomic mass is 16.5. The second-order valence-electron chi connectivity index (χ2n) is 5.32. The lowest BCUT2D eigenvalue weighted by atomic mass is 10.1. The molecule has 1 unspecified atom stereocenters. The van der Waals surface area contributed by atoms with Gasteiger partial charge in [-0.15, -0.1) is 0 Å². The van der Waals surface area contributed by atoms with Crippen molar-refractivity contribution < 1.29 is 14.3 Å². The molecule has 0 saturated carbocycles. The summed E-state index contributed by atoms with van der Waals surface area (Å²) in [6, 6.07) is 14.0. The van der Waals surface area contributed by atoms with Crippen molar-refractivity contribution in [2.24, 2.45) is 0 Å². The van der Waals surface area contributed by atoms with Crippen molar-refractivity contribution >= 4 is 16.7 Å². The van der Waals surface area contributed by atoms with E-state index in [0.29, 0.717) is 19.7 Å².